The Bertz CT molecular complexity index is 1560. The molecule has 4 nitrogen and oxygen atoms in total. The summed E-state index contributed by atoms with van der Waals surface area (Å²) in [6, 6.07) is 0. The van der Waals surface area contributed by atoms with Gasteiger partial charge < -0.3 is 20.4 Å². The Balaban J connectivity index is -0.000000470. The van der Waals surface area contributed by atoms with E-state index >= 15 is 0 Å². The van der Waals surface area contributed by atoms with Crippen molar-refractivity contribution in [3.63, 3.8) is 0 Å². The molecule has 0 aromatic carbocycles. The summed E-state index contributed by atoms with van der Waals surface area (Å²) in [5, 5.41) is 40.5. The van der Waals surface area contributed by atoms with Crippen LogP contribution in [0.1, 0.15) is 466 Å². The lowest BCUT2D eigenvalue weighted by molar-refractivity contribution is -0.0290. The van der Waals surface area contributed by atoms with Crippen LogP contribution in [0.25, 0.3) is 0 Å². The fraction of sp³-hybridized carbons (Fsp3) is 1.00. The summed E-state index contributed by atoms with van der Waals surface area (Å²) >= 11 is 0. The summed E-state index contributed by atoms with van der Waals surface area (Å²) in [4.78, 5) is 0. The minimum Gasteiger partial charge on any atom is -0.390 e. The summed E-state index contributed by atoms with van der Waals surface area (Å²) in [6.45, 7) is 72.1. The second-order valence-electron chi connectivity index (χ2n) is 40.7. The number of aliphatic hydroxyl groups is 4. The van der Waals surface area contributed by atoms with Crippen LogP contribution in [0.3, 0.4) is 0 Å². The highest BCUT2D eigenvalue weighted by Crippen LogP contribution is 2.41. The first-order chi connectivity index (χ1) is 40.6. The zero-order valence-electron chi connectivity index (χ0n) is 69.0. The Morgan fingerprint density at radius 2 is 0.600 bits per heavy atom. The zero-order valence-corrected chi connectivity index (χ0v) is 69.0. The molecule has 0 heterocycles. The zero-order chi connectivity index (χ0) is 71.2. The van der Waals surface area contributed by atoms with Gasteiger partial charge in [-0.15, -0.1) is 0 Å². The predicted molar refractivity (Wildman–Crippen MR) is 410 cm³/mol. The van der Waals surface area contributed by atoms with E-state index in [0.717, 1.165) is 114 Å². The maximum absolute atomic E-state index is 10.3. The molecule has 548 valence electrons. The Hall–Kier alpha value is -0.160. The fourth-order valence-corrected chi connectivity index (χ4v) is 16.1. The first-order valence-electron chi connectivity index (χ1n) is 39.5. The summed E-state index contributed by atoms with van der Waals surface area (Å²) in [7, 11) is 0. The second-order valence-corrected chi connectivity index (χ2v) is 40.7. The molecule has 4 fully saturated rings. The van der Waals surface area contributed by atoms with Crippen molar-refractivity contribution in [2.45, 2.75) is 488 Å². The van der Waals surface area contributed by atoms with Gasteiger partial charge in [-0.25, -0.2) is 0 Å². The molecule has 4 N–H and O–H groups in total. The van der Waals surface area contributed by atoms with E-state index in [2.05, 4.69) is 222 Å². The van der Waals surface area contributed by atoms with Gasteiger partial charge in [0, 0.05) is 0 Å². The lowest BCUT2D eigenvalue weighted by Gasteiger charge is -2.37. The van der Waals surface area contributed by atoms with E-state index in [9.17, 15) is 20.4 Å². The molecule has 4 saturated carbocycles. The average molecular weight is 1280 g/mol. The van der Waals surface area contributed by atoms with Crippen LogP contribution >= 0.6 is 0 Å². The highest BCUT2D eigenvalue weighted by Gasteiger charge is 2.36. The first-order valence-corrected chi connectivity index (χ1v) is 39.5. The topological polar surface area (TPSA) is 80.9 Å². The second kappa shape index (κ2) is 46.2. The molecule has 90 heavy (non-hydrogen) atoms. The van der Waals surface area contributed by atoms with Gasteiger partial charge in [-0.2, -0.15) is 0 Å². The average Bonchev–Trinajstić information content (AvgIpc) is 3.75. The van der Waals surface area contributed by atoms with E-state index in [1.807, 2.05) is 0 Å². The summed E-state index contributed by atoms with van der Waals surface area (Å²) in [6.07, 6.45) is 47.0. The van der Waals surface area contributed by atoms with Crippen molar-refractivity contribution in [2.24, 2.45) is 67.0 Å². The molecule has 0 aromatic rings. The highest BCUT2D eigenvalue weighted by atomic mass is 16.3. The van der Waals surface area contributed by atoms with E-state index in [-0.39, 0.29) is 32.9 Å². The van der Waals surface area contributed by atoms with Gasteiger partial charge in [-0.05, 0) is 170 Å². The quantitative estimate of drug-likeness (QED) is 0.0979. The van der Waals surface area contributed by atoms with Crippen molar-refractivity contribution in [1.29, 1.82) is 0 Å². The van der Waals surface area contributed by atoms with Gasteiger partial charge in [0.1, 0.15) is 0 Å². The van der Waals surface area contributed by atoms with Gasteiger partial charge in [0.2, 0.25) is 0 Å². The molecule has 4 aliphatic carbocycles. The molecule has 0 radical (unpaired) electrons. The van der Waals surface area contributed by atoms with E-state index < -0.39 is 11.2 Å². The molecular formula is C86H180O4. The van der Waals surface area contributed by atoms with Crippen LogP contribution in [0.5, 0.6) is 0 Å². The lowest BCUT2D eigenvalue weighted by Crippen LogP contribution is -2.35. The van der Waals surface area contributed by atoms with E-state index in [0.29, 0.717) is 21.7 Å². The molecular weight excluding hydrogens is 1100 g/mol. The summed E-state index contributed by atoms with van der Waals surface area (Å²) in [5.41, 5.74) is 1.68. The first kappa shape index (κ1) is 96.2. The van der Waals surface area contributed by atoms with Crippen molar-refractivity contribution >= 4 is 0 Å². The van der Waals surface area contributed by atoms with Crippen LogP contribution in [-0.4, -0.2) is 42.8 Å². The highest BCUT2D eigenvalue weighted by molar-refractivity contribution is 4.89. The third kappa shape index (κ3) is 63.9. The number of rotatable bonds is 20. The lowest BCUT2D eigenvalue weighted by atomic mass is 9.74. The Morgan fingerprint density at radius 3 is 0.822 bits per heavy atom. The molecule has 0 bridgehead atoms. The van der Waals surface area contributed by atoms with E-state index in [1.54, 1.807) is 0 Å². The monoisotopic (exact) mass is 1280 g/mol. The van der Waals surface area contributed by atoms with Crippen LogP contribution in [0, 0.1) is 67.0 Å². The summed E-state index contributed by atoms with van der Waals surface area (Å²) in [5.74, 6) is 4.02. The summed E-state index contributed by atoms with van der Waals surface area (Å²) < 4.78 is 0. The molecule has 4 heteroatoms. The van der Waals surface area contributed by atoms with Gasteiger partial charge in [0.15, 0.2) is 0 Å². The molecule has 0 spiro atoms. The molecule has 0 unspecified atom stereocenters. The fourth-order valence-electron chi connectivity index (χ4n) is 16.1. The maximum atomic E-state index is 10.3. The maximum Gasteiger partial charge on any atom is 0.0652 e. The molecule has 0 atom stereocenters. The Kier molecular flexibility index (Phi) is 49.4. The smallest absolute Gasteiger partial charge is 0.0652 e. The van der Waals surface area contributed by atoms with Gasteiger partial charge in [-0.1, -0.05) is 363 Å². The van der Waals surface area contributed by atoms with Crippen LogP contribution in [0.2, 0.25) is 0 Å². The van der Waals surface area contributed by atoms with Gasteiger partial charge in [0.05, 0.1) is 22.4 Å². The third-order valence-corrected chi connectivity index (χ3v) is 18.9. The Labute approximate surface area is 572 Å². The van der Waals surface area contributed by atoms with Crippen LogP contribution in [0.4, 0.5) is 0 Å². The largest absolute Gasteiger partial charge is 0.390 e. The van der Waals surface area contributed by atoms with Crippen molar-refractivity contribution in [2.75, 3.05) is 0 Å². The Morgan fingerprint density at radius 1 is 0.322 bits per heavy atom. The normalized spacial score (nSPS) is 17.9. The molecule has 4 rings (SSSR count). The van der Waals surface area contributed by atoms with Crippen LogP contribution in [-0.2, 0) is 0 Å². The van der Waals surface area contributed by atoms with E-state index in [4.69, 9.17) is 0 Å². The van der Waals surface area contributed by atoms with Crippen molar-refractivity contribution in [3.05, 3.63) is 0 Å². The van der Waals surface area contributed by atoms with Gasteiger partial charge >= 0.3 is 0 Å². The number of hydrogen-bond donors (Lipinski definition) is 4. The predicted octanol–water partition coefficient (Wildman–Crippen LogP) is 28.7. The minimum absolute atomic E-state index is 0.235. The van der Waals surface area contributed by atoms with Crippen LogP contribution < -0.4 is 0 Å². The standard InChI is InChI=1S/C12H26O.C12H26.C11H22O.C11H22.C10H20O.C10H22O.C10H20.C10H22/c1-6-8-12(13,9-7-2)10-11(3,4)5;1-6-8-11(9-7-2)10-12(3,4)5;1-10(2,3)9-11(12)7-5-4-6-8-11;1-11(2,3)9-10-7-5-4-6-8-10;1-9(2,3)8-10(11)6-4-5-7-10;1-6-10(11,7-2)8-9(3,4)5;1-10(2,3)8-9-6-4-5-7-9;1-6-9(7-2)8-10(3,4)5/h13H,6-10H2,1-5H3;11H,6-10H2,1-5H3;12H,4-9H2,1-3H3;10H,4-9H2,1-3H3;11H,4-8H2,1-3H3;11H,6-8H2,1-5H3;9H,4-8H2,1-3H3;9H,6-8H2,1-5H3. The van der Waals surface area contributed by atoms with Crippen LogP contribution in [0.15, 0.2) is 0 Å². The van der Waals surface area contributed by atoms with Gasteiger partial charge in [-0.3, -0.25) is 0 Å². The van der Waals surface area contributed by atoms with Crippen molar-refractivity contribution < 1.29 is 20.4 Å². The number of hydrogen-bond acceptors (Lipinski definition) is 4. The van der Waals surface area contributed by atoms with Gasteiger partial charge in [0.25, 0.3) is 0 Å². The molecule has 0 aromatic heterocycles. The SMILES string of the molecule is CC(C)(C)CC1(O)CCCC1.CC(C)(C)CC1(O)CCCCC1.CC(C)(C)CC1CCCC1.CC(C)(C)CC1CCCCC1.CCC(CC)CC(C)(C)C.CCC(O)(CC)CC(C)(C)C.CCCC(CCC)CC(C)(C)C.CCCC(O)(CCC)CC(C)(C)C. The molecule has 0 saturated heterocycles. The molecule has 0 aliphatic heterocycles. The van der Waals surface area contributed by atoms with Crippen molar-refractivity contribution in [1.82, 2.24) is 0 Å². The third-order valence-electron chi connectivity index (χ3n) is 18.9. The molecule has 4 aliphatic rings. The van der Waals surface area contributed by atoms with Crippen molar-refractivity contribution in [3.8, 4) is 0 Å². The molecule has 0 amide bonds. The minimum atomic E-state index is -0.432. The van der Waals surface area contributed by atoms with E-state index in [1.165, 1.54) is 154 Å².